The second-order valence-electron chi connectivity index (χ2n) is 3.20. The highest BCUT2D eigenvalue weighted by molar-refractivity contribution is 6.01. The topological polar surface area (TPSA) is 20.3 Å². The van der Waals surface area contributed by atoms with E-state index in [0.29, 0.717) is 0 Å². The average molecular weight is 167 g/mol. The molecule has 0 radical (unpaired) electrons. The standard InChI is InChI=1S/C10H17NO/c1-6-9(12)10(4,5)11(7-2)8-3/h1H,7-8H2,2-5H3. The van der Waals surface area contributed by atoms with Crippen molar-refractivity contribution in [2.45, 2.75) is 33.2 Å². The SMILES string of the molecule is C#CC(=O)C(C)(C)N(CC)CC. The molecule has 0 fully saturated rings. The van der Waals surface area contributed by atoms with Gasteiger partial charge in [-0.25, -0.2) is 0 Å². The quantitative estimate of drug-likeness (QED) is 0.465. The number of carbonyl (C=O) groups excluding carboxylic acids is 1. The van der Waals surface area contributed by atoms with Crippen molar-refractivity contribution in [2.75, 3.05) is 13.1 Å². The van der Waals surface area contributed by atoms with E-state index < -0.39 is 5.54 Å². The number of rotatable bonds is 4. The normalized spacial score (nSPS) is 11.3. The van der Waals surface area contributed by atoms with Crippen molar-refractivity contribution >= 4 is 5.78 Å². The monoisotopic (exact) mass is 167 g/mol. The first-order valence-electron chi connectivity index (χ1n) is 4.26. The van der Waals surface area contributed by atoms with Crippen LogP contribution in [0.4, 0.5) is 0 Å². The maximum absolute atomic E-state index is 11.3. The first kappa shape index (κ1) is 11.2. The van der Waals surface area contributed by atoms with E-state index in [1.54, 1.807) is 0 Å². The Kier molecular flexibility index (Phi) is 3.99. The van der Waals surface area contributed by atoms with Crippen molar-refractivity contribution in [1.82, 2.24) is 4.90 Å². The van der Waals surface area contributed by atoms with Crippen molar-refractivity contribution in [3.63, 3.8) is 0 Å². The molecule has 0 rings (SSSR count). The molecule has 0 saturated carbocycles. The number of hydrogen-bond acceptors (Lipinski definition) is 2. The van der Waals surface area contributed by atoms with Crippen LogP contribution in [-0.2, 0) is 4.79 Å². The lowest BCUT2D eigenvalue weighted by atomic mass is 9.97. The Morgan fingerprint density at radius 1 is 1.42 bits per heavy atom. The summed E-state index contributed by atoms with van der Waals surface area (Å²) in [6.07, 6.45) is 5.08. The van der Waals surface area contributed by atoms with Crippen molar-refractivity contribution in [3.05, 3.63) is 0 Å². The van der Waals surface area contributed by atoms with Gasteiger partial charge in [-0.05, 0) is 32.9 Å². The van der Waals surface area contributed by atoms with Gasteiger partial charge in [0.25, 0.3) is 0 Å². The fourth-order valence-corrected chi connectivity index (χ4v) is 1.33. The molecule has 0 N–H and O–H groups in total. The van der Waals surface area contributed by atoms with E-state index >= 15 is 0 Å². The van der Waals surface area contributed by atoms with E-state index in [9.17, 15) is 4.79 Å². The summed E-state index contributed by atoms with van der Waals surface area (Å²) in [5.41, 5.74) is -0.516. The zero-order chi connectivity index (χ0) is 9.78. The maximum Gasteiger partial charge on any atom is 0.224 e. The molecule has 0 bridgehead atoms. The largest absolute Gasteiger partial charge is 0.291 e. The summed E-state index contributed by atoms with van der Waals surface area (Å²) in [6, 6.07) is 0. The minimum atomic E-state index is -0.516. The molecule has 2 heteroatoms. The molecule has 0 atom stereocenters. The predicted molar refractivity (Wildman–Crippen MR) is 50.8 cm³/mol. The Balaban J connectivity index is 4.59. The highest BCUT2D eigenvalue weighted by Gasteiger charge is 2.30. The summed E-state index contributed by atoms with van der Waals surface area (Å²) in [4.78, 5) is 13.4. The Morgan fingerprint density at radius 2 is 1.83 bits per heavy atom. The van der Waals surface area contributed by atoms with Gasteiger partial charge in [0, 0.05) is 0 Å². The number of carbonyl (C=O) groups is 1. The Bertz CT molecular complexity index is 196. The molecule has 0 aromatic rings. The van der Waals surface area contributed by atoms with Gasteiger partial charge in [0.2, 0.25) is 5.78 Å². The van der Waals surface area contributed by atoms with E-state index in [-0.39, 0.29) is 5.78 Å². The first-order valence-corrected chi connectivity index (χ1v) is 4.26. The maximum atomic E-state index is 11.3. The number of likely N-dealkylation sites (N-methyl/N-ethyl adjacent to an activating group) is 1. The summed E-state index contributed by atoms with van der Waals surface area (Å²) in [6.45, 7) is 9.46. The van der Waals surface area contributed by atoms with Gasteiger partial charge in [0.1, 0.15) is 0 Å². The first-order chi connectivity index (χ1) is 5.50. The fourth-order valence-electron chi connectivity index (χ4n) is 1.33. The van der Waals surface area contributed by atoms with Gasteiger partial charge in [-0.1, -0.05) is 13.8 Å². The lowest BCUT2D eigenvalue weighted by molar-refractivity contribution is -0.123. The van der Waals surface area contributed by atoms with Crippen molar-refractivity contribution in [1.29, 1.82) is 0 Å². The third-order valence-electron chi connectivity index (χ3n) is 2.24. The Hall–Kier alpha value is -0.810. The number of hydrogen-bond donors (Lipinski definition) is 0. The molecule has 0 saturated heterocycles. The van der Waals surface area contributed by atoms with Crippen LogP contribution in [0.1, 0.15) is 27.7 Å². The summed E-state index contributed by atoms with van der Waals surface area (Å²) in [5, 5.41) is 0. The summed E-state index contributed by atoms with van der Waals surface area (Å²) >= 11 is 0. The van der Waals surface area contributed by atoms with E-state index in [1.165, 1.54) is 0 Å². The second-order valence-corrected chi connectivity index (χ2v) is 3.20. The van der Waals surface area contributed by atoms with Crippen LogP contribution < -0.4 is 0 Å². The zero-order valence-corrected chi connectivity index (χ0v) is 8.35. The average Bonchev–Trinajstić information content (AvgIpc) is 2.04. The molecule has 0 aliphatic carbocycles. The molecule has 2 nitrogen and oxygen atoms in total. The van der Waals surface area contributed by atoms with Crippen LogP contribution >= 0.6 is 0 Å². The highest BCUT2D eigenvalue weighted by Crippen LogP contribution is 2.14. The van der Waals surface area contributed by atoms with Gasteiger partial charge < -0.3 is 0 Å². The summed E-state index contributed by atoms with van der Waals surface area (Å²) in [7, 11) is 0. The van der Waals surface area contributed by atoms with Gasteiger partial charge in [0.05, 0.1) is 5.54 Å². The second kappa shape index (κ2) is 4.27. The highest BCUT2D eigenvalue weighted by atomic mass is 16.1. The van der Waals surface area contributed by atoms with Crippen LogP contribution in [0.15, 0.2) is 0 Å². The minimum absolute atomic E-state index is 0.147. The number of terminal acetylenes is 1. The third kappa shape index (κ3) is 2.09. The molecular weight excluding hydrogens is 150 g/mol. The van der Waals surface area contributed by atoms with Crippen molar-refractivity contribution < 1.29 is 4.79 Å². The lowest BCUT2D eigenvalue weighted by Crippen LogP contribution is -2.49. The third-order valence-corrected chi connectivity index (χ3v) is 2.24. The molecule has 0 aliphatic rings. The van der Waals surface area contributed by atoms with E-state index in [4.69, 9.17) is 6.42 Å². The van der Waals surface area contributed by atoms with Crippen LogP contribution in [0.25, 0.3) is 0 Å². The number of nitrogens with zero attached hydrogens (tertiary/aromatic N) is 1. The van der Waals surface area contributed by atoms with Gasteiger partial charge in [-0.2, -0.15) is 0 Å². The molecule has 0 spiro atoms. The molecule has 0 unspecified atom stereocenters. The van der Waals surface area contributed by atoms with Gasteiger partial charge in [0.15, 0.2) is 0 Å². The van der Waals surface area contributed by atoms with E-state index in [1.807, 2.05) is 27.7 Å². The number of ketones is 1. The zero-order valence-electron chi connectivity index (χ0n) is 8.35. The Morgan fingerprint density at radius 3 is 2.08 bits per heavy atom. The van der Waals surface area contributed by atoms with Crippen LogP contribution in [0, 0.1) is 12.3 Å². The van der Waals surface area contributed by atoms with Gasteiger partial charge >= 0.3 is 0 Å². The molecule has 0 aromatic heterocycles. The van der Waals surface area contributed by atoms with Crippen molar-refractivity contribution in [2.24, 2.45) is 0 Å². The lowest BCUT2D eigenvalue weighted by Gasteiger charge is -2.33. The molecule has 0 aliphatic heterocycles. The molecule has 12 heavy (non-hydrogen) atoms. The molecule has 0 aromatic carbocycles. The minimum Gasteiger partial charge on any atom is -0.291 e. The Labute approximate surface area is 74.9 Å². The smallest absolute Gasteiger partial charge is 0.224 e. The van der Waals surface area contributed by atoms with Gasteiger partial charge in [-0.15, -0.1) is 6.42 Å². The van der Waals surface area contributed by atoms with Crippen LogP contribution in [0.5, 0.6) is 0 Å². The van der Waals surface area contributed by atoms with Crippen LogP contribution in [0.3, 0.4) is 0 Å². The predicted octanol–water partition coefficient (Wildman–Crippen LogP) is 1.31. The van der Waals surface area contributed by atoms with Crippen LogP contribution in [0.2, 0.25) is 0 Å². The fraction of sp³-hybridized carbons (Fsp3) is 0.700. The van der Waals surface area contributed by atoms with E-state index in [2.05, 4.69) is 10.8 Å². The molecule has 0 heterocycles. The number of Topliss-reactive ketones (excluding diaryl/α,β-unsaturated/α-hetero) is 1. The van der Waals surface area contributed by atoms with Crippen LogP contribution in [-0.4, -0.2) is 29.3 Å². The van der Waals surface area contributed by atoms with E-state index in [0.717, 1.165) is 13.1 Å². The summed E-state index contributed by atoms with van der Waals surface area (Å²) < 4.78 is 0. The summed E-state index contributed by atoms with van der Waals surface area (Å²) in [5.74, 6) is 2.03. The van der Waals surface area contributed by atoms with Crippen molar-refractivity contribution in [3.8, 4) is 12.3 Å². The molecular formula is C10H17NO. The van der Waals surface area contributed by atoms with Gasteiger partial charge in [-0.3, -0.25) is 9.69 Å². The molecule has 68 valence electrons. The molecule has 0 amide bonds.